The number of benzene rings is 1. The molecule has 2 aromatic rings. The van der Waals surface area contributed by atoms with Crippen LogP contribution in [0.5, 0.6) is 0 Å². The Morgan fingerprint density at radius 3 is 2.78 bits per heavy atom. The third kappa shape index (κ3) is 2.74. The van der Waals surface area contributed by atoms with Crippen LogP contribution in [0.2, 0.25) is 0 Å². The second-order valence-electron chi connectivity index (χ2n) is 3.86. The van der Waals surface area contributed by atoms with Crippen LogP contribution in [0, 0.1) is 12.7 Å². The molecule has 0 radical (unpaired) electrons. The Kier molecular flexibility index (Phi) is 3.72. The van der Waals surface area contributed by atoms with E-state index in [9.17, 15) is 4.39 Å². The quantitative estimate of drug-likeness (QED) is 0.870. The zero-order chi connectivity index (χ0) is 13.0. The maximum absolute atomic E-state index is 13.5. The molecule has 0 aliphatic heterocycles. The van der Waals surface area contributed by atoms with Gasteiger partial charge in [-0.3, -0.25) is 0 Å². The molecule has 0 saturated carbocycles. The lowest BCUT2D eigenvalue weighted by molar-refractivity contribution is 0.632. The van der Waals surface area contributed by atoms with Crippen LogP contribution in [0.4, 0.5) is 21.8 Å². The Bertz CT molecular complexity index is 542. The van der Waals surface area contributed by atoms with Gasteiger partial charge in [-0.2, -0.15) is 4.98 Å². The van der Waals surface area contributed by atoms with E-state index >= 15 is 0 Å². The van der Waals surface area contributed by atoms with Crippen molar-refractivity contribution in [2.75, 3.05) is 17.2 Å². The molecule has 1 aromatic carbocycles. The molecule has 0 saturated heterocycles. The van der Waals surface area contributed by atoms with Gasteiger partial charge in [0.05, 0.1) is 5.69 Å². The molecule has 18 heavy (non-hydrogen) atoms. The summed E-state index contributed by atoms with van der Waals surface area (Å²) >= 11 is 0. The Labute approximate surface area is 105 Å². The van der Waals surface area contributed by atoms with Crippen LogP contribution in [-0.4, -0.2) is 16.5 Å². The average Bonchev–Trinajstić information content (AvgIpc) is 2.36. The van der Waals surface area contributed by atoms with Gasteiger partial charge in [0.2, 0.25) is 5.95 Å². The van der Waals surface area contributed by atoms with Crippen molar-refractivity contribution in [3.8, 4) is 0 Å². The number of nitrogens with zero attached hydrogens (tertiary/aromatic N) is 2. The molecule has 0 amide bonds. The third-order valence-corrected chi connectivity index (χ3v) is 2.43. The van der Waals surface area contributed by atoms with Crippen molar-refractivity contribution in [1.82, 2.24) is 9.97 Å². The fourth-order valence-electron chi connectivity index (χ4n) is 1.50. The minimum absolute atomic E-state index is 0.305. The number of anilines is 3. The summed E-state index contributed by atoms with van der Waals surface area (Å²) in [5, 5.41) is 5.99. The van der Waals surface area contributed by atoms with Crippen molar-refractivity contribution >= 4 is 17.5 Å². The monoisotopic (exact) mass is 246 g/mol. The van der Waals surface area contributed by atoms with E-state index in [2.05, 4.69) is 20.6 Å². The van der Waals surface area contributed by atoms with E-state index < -0.39 is 0 Å². The highest BCUT2D eigenvalue weighted by molar-refractivity contribution is 5.60. The molecule has 2 rings (SSSR count). The number of halogens is 1. The van der Waals surface area contributed by atoms with E-state index in [0.717, 1.165) is 12.1 Å². The van der Waals surface area contributed by atoms with Crippen LogP contribution < -0.4 is 10.6 Å². The fourth-order valence-corrected chi connectivity index (χ4v) is 1.50. The smallest absolute Gasteiger partial charge is 0.224 e. The first kappa shape index (κ1) is 12.3. The average molecular weight is 246 g/mol. The molecule has 0 aliphatic rings. The zero-order valence-corrected chi connectivity index (χ0v) is 10.4. The number of nitrogens with one attached hydrogen (secondary N) is 2. The molecule has 1 heterocycles. The molecule has 94 valence electrons. The standard InChI is InChI=1S/C13H15FN4/c1-3-15-13-16-8-9(2)12(18-13)17-11-7-5-4-6-10(11)14/h4-8H,3H2,1-2H3,(H2,15,16,17,18). The van der Waals surface area contributed by atoms with E-state index in [-0.39, 0.29) is 5.82 Å². The summed E-state index contributed by atoms with van der Waals surface area (Å²) in [4.78, 5) is 8.44. The van der Waals surface area contributed by atoms with Gasteiger partial charge in [-0.25, -0.2) is 9.37 Å². The number of aromatic nitrogens is 2. The Morgan fingerprint density at radius 1 is 1.28 bits per heavy atom. The molecule has 0 bridgehead atoms. The molecule has 5 heteroatoms. The van der Waals surface area contributed by atoms with Crippen LogP contribution in [0.1, 0.15) is 12.5 Å². The van der Waals surface area contributed by atoms with E-state index in [4.69, 9.17) is 0 Å². The van der Waals surface area contributed by atoms with Crippen molar-refractivity contribution in [1.29, 1.82) is 0 Å². The summed E-state index contributed by atoms with van der Waals surface area (Å²) in [6, 6.07) is 6.50. The molecule has 4 nitrogen and oxygen atoms in total. The van der Waals surface area contributed by atoms with Gasteiger partial charge in [-0.15, -0.1) is 0 Å². The minimum Gasteiger partial charge on any atom is -0.354 e. The maximum Gasteiger partial charge on any atom is 0.224 e. The lowest BCUT2D eigenvalue weighted by atomic mass is 10.3. The molecule has 0 aliphatic carbocycles. The molecular weight excluding hydrogens is 231 g/mol. The topological polar surface area (TPSA) is 49.8 Å². The molecule has 2 N–H and O–H groups in total. The number of aryl methyl sites for hydroxylation is 1. The first-order valence-electron chi connectivity index (χ1n) is 5.79. The normalized spacial score (nSPS) is 10.2. The van der Waals surface area contributed by atoms with Gasteiger partial charge in [0.1, 0.15) is 11.6 Å². The number of hydrogen-bond donors (Lipinski definition) is 2. The van der Waals surface area contributed by atoms with Gasteiger partial charge in [-0.05, 0) is 26.0 Å². The van der Waals surface area contributed by atoms with Crippen LogP contribution in [-0.2, 0) is 0 Å². The summed E-state index contributed by atoms with van der Waals surface area (Å²) < 4.78 is 13.5. The lowest BCUT2D eigenvalue weighted by Crippen LogP contribution is -2.06. The highest BCUT2D eigenvalue weighted by Crippen LogP contribution is 2.21. The van der Waals surface area contributed by atoms with Gasteiger partial charge in [0.15, 0.2) is 0 Å². The van der Waals surface area contributed by atoms with Gasteiger partial charge in [-0.1, -0.05) is 12.1 Å². The third-order valence-electron chi connectivity index (χ3n) is 2.43. The summed E-state index contributed by atoms with van der Waals surface area (Å²) in [6.45, 7) is 4.58. The van der Waals surface area contributed by atoms with Crippen molar-refractivity contribution in [2.45, 2.75) is 13.8 Å². The molecule has 0 spiro atoms. The summed E-state index contributed by atoms with van der Waals surface area (Å²) in [6.07, 6.45) is 1.70. The highest BCUT2D eigenvalue weighted by atomic mass is 19.1. The van der Waals surface area contributed by atoms with Crippen LogP contribution in [0.3, 0.4) is 0 Å². The highest BCUT2D eigenvalue weighted by Gasteiger charge is 2.06. The van der Waals surface area contributed by atoms with E-state index in [1.807, 2.05) is 13.8 Å². The maximum atomic E-state index is 13.5. The molecule has 0 atom stereocenters. The minimum atomic E-state index is -0.305. The van der Waals surface area contributed by atoms with Gasteiger partial charge in [0.25, 0.3) is 0 Å². The fraction of sp³-hybridized carbons (Fsp3) is 0.231. The van der Waals surface area contributed by atoms with E-state index in [1.54, 1.807) is 24.4 Å². The van der Waals surface area contributed by atoms with Crippen LogP contribution in [0.25, 0.3) is 0 Å². The predicted octanol–water partition coefficient (Wildman–Crippen LogP) is 3.10. The van der Waals surface area contributed by atoms with E-state index in [1.165, 1.54) is 6.07 Å². The lowest BCUT2D eigenvalue weighted by Gasteiger charge is -2.10. The summed E-state index contributed by atoms with van der Waals surface area (Å²) in [5.74, 6) is 0.827. The number of hydrogen-bond acceptors (Lipinski definition) is 4. The zero-order valence-electron chi connectivity index (χ0n) is 10.4. The van der Waals surface area contributed by atoms with Crippen molar-refractivity contribution in [3.63, 3.8) is 0 Å². The van der Waals surface area contributed by atoms with Crippen LogP contribution in [0.15, 0.2) is 30.5 Å². The predicted molar refractivity (Wildman–Crippen MR) is 70.6 cm³/mol. The Hall–Kier alpha value is -2.17. The summed E-state index contributed by atoms with van der Waals surface area (Å²) in [7, 11) is 0. The largest absolute Gasteiger partial charge is 0.354 e. The van der Waals surface area contributed by atoms with Crippen molar-refractivity contribution in [3.05, 3.63) is 41.8 Å². The second-order valence-corrected chi connectivity index (χ2v) is 3.86. The second kappa shape index (κ2) is 5.44. The first-order chi connectivity index (χ1) is 8.70. The number of para-hydroxylation sites is 1. The van der Waals surface area contributed by atoms with Gasteiger partial charge in [0, 0.05) is 18.3 Å². The molecule has 0 unspecified atom stereocenters. The van der Waals surface area contributed by atoms with Gasteiger partial charge < -0.3 is 10.6 Å². The van der Waals surface area contributed by atoms with Gasteiger partial charge >= 0.3 is 0 Å². The molecular formula is C13H15FN4. The number of rotatable bonds is 4. The summed E-state index contributed by atoms with van der Waals surface area (Å²) in [5.41, 5.74) is 1.27. The van der Waals surface area contributed by atoms with Crippen LogP contribution >= 0.6 is 0 Å². The molecule has 0 fully saturated rings. The Morgan fingerprint density at radius 2 is 2.06 bits per heavy atom. The van der Waals surface area contributed by atoms with E-state index in [0.29, 0.717) is 17.5 Å². The van der Waals surface area contributed by atoms with Crippen molar-refractivity contribution in [2.24, 2.45) is 0 Å². The van der Waals surface area contributed by atoms with Crippen molar-refractivity contribution < 1.29 is 4.39 Å². The molecule has 1 aromatic heterocycles. The first-order valence-corrected chi connectivity index (χ1v) is 5.79. The SMILES string of the molecule is CCNc1ncc(C)c(Nc2ccccc2F)n1. The Balaban J connectivity index is 2.28.